The number of nitrogens with one attached hydrogen (secondary N) is 1. The molecule has 0 aliphatic carbocycles. The third kappa shape index (κ3) is 4.47. The second kappa shape index (κ2) is 8.90. The average Bonchev–Trinajstić information content (AvgIpc) is 3.41. The number of imidazole rings is 1. The standard InChI is InChI=1S/C23H26N4O2/c28-22(26-15-6-7-16-26)17-27-20-12-5-4-11-19(20)25-21(27)13-8-14-24-23(29)18-9-2-1-3-10-18/h1-5,9-12H,6-8,13-17H2,(H,24,29). The van der Waals surface area contributed by atoms with Crippen LogP contribution in [0.2, 0.25) is 0 Å². The predicted octanol–water partition coefficient (Wildman–Crippen LogP) is 3.02. The lowest BCUT2D eigenvalue weighted by Crippen LogP contribution is -2.31. The summed E-state index contributed by atoms with van der Waals surface area (Å²) < 4.78 is 2.04. The number of nitrogens with zero attached hydrogens (tertiary/aromatic N) is 3. The van der Waals surface area contributed by atoms with E-state index in [1.165, 1.54) is 0 Å². The van der Waals surface area contributed by atoms with Crippen LogP contribution in [0.4, 0.5) is 0 Å². The van der Waals surface area contributed by atoms with E-state index in [0.717, 1.165) is 49.2 Å². The van der Waals surface area contributed by atoms with Crippen molar-refractivity contribution < 1.29 is 9.59 Å². The van der Waals surface area contributed by atoms with Crippen LogP contribution < -0.4 is 5.32 Å². The second-order valence-corrected chi connectivity index (χ2v) is 7.42. The van der Waals surface area contributed by atoms with Gasteiger partial charge in [0.05, 0.1) is 11.0 Å². The number of likely N-dealkylation sites (tertiary alicyclic amines) is 1. The first-order chi connectivity index (χ1) is 14.2. The zero-order chi connectivity index (χ0) is 20.1. The Labute approximate surface area is 170 Å². The Balaban J connectivity index is 1.41. The number of rotatable bonds is 7. The Bertz CT molecular complexity index is 991. The molecule has 0 saturated carbocycles. The molecule has 1 saturated heterocycles. The highest BCUT2D eigenvalue weighted by Crippen LogP contribution is 2.18. The lowest BCUT2D eigenvalue weighted by Gasteiger charge is -2.17. The van der Waals surface area contributed by atoms with Crippen LogP contribution in [0, 0.1) is 0 Å². The van der Waals surface area contributed by atoms with Crippen LogP contribution in [0.25, 0.3) is 11.0 Å². The van der Waals surface area contributed by atoms with Gasteiger partial charge in [-0.05, 0) is 43.5 Å². The molecular formula is C23H26N4O2. The Morgan fingerprint density at radius 1 is 0.966 bits per heavy atom. The molecule has 6 heteroatoms. The summed E-state index contributed by atoms with van der Waals surface area (Å²) in [5, 5.41) is 2.96. The minimum atomic E-state index is -0.0664. The van der Waals surface area contributed by atoms with E-state index in [2.05, 4.69) is 5.32 Å². The fourth-order valence-corrected chi connectivity index (χ4v) is 3.83. The number of amides is 2. The first-order valence-electron chi connectivity index (χ1n) is 10.3. The molecule has 0 radical (unpaired) electrons. The molecule has 1 aliphatic rings. The predicted molar refractivity (Wildman–Crippen MR) is 113 cm³/mol. The van der Waals surface area contributed by atoms with Crippen molar-refractivity contribution in [3.8, 4) is 0 Å². The fraction of sp³-hybridized carbons (Fsp3) is 0.348. The minimum absolute atomic E-state index is 0.0664. The number of aromatic nitrogens is 2. The summed E-state index contributed by atoms with van der Waals surface area (Å²) in [5.74, 6) is 0.986. The number of para-hydroxylation sites is 2. The largest absolute Gasteiger partial charge is 0.352 e. The Morgan fingerprint density at radius 3 is 2.48 bits per heavy atom. The van der Waals surface area contributed by atoms with Gasteiger partial charge in [0.25, 0.3) is 5.91 Å². The molecule has 6 nitrogen and oxygen atoms in total. The monoisotopic (exact) mass is 390 g/mol. The second-order valence-electron chi connectivity index (χ2n) is 7.42. The summed E-state index contributed by atoms with van der Waals surface area (Å²) in [4.78, 5) is 31.6. The Hall–Kier alpha value is -3.15. The van der Waals surface area contributed by atoms with Crippen LogP contribution in [0.1, 0.15) is 35.4 Å². The highest BCUT2D eigenvalue weighted by Gasteiger charge is 2.20. The van der Waals surface area contributed by atoms with E-state index < -0.39 is 0 Å². The Morgan fingerprint density at radius 2 is 1.69 bits per heavy atom. The molecule has 1 aromatic heterocycles. The fourth-order valence-electron chi connectivity index (χ4n) is 3.83. The zero-order valence-electron chi connectivity index (χ0n) is 16.5. The minimum Gasteiger partial charge on any atom is -0.352 e. The van der Waals surface area contributed by atoms with E-state index in [1.54, 1.807) is 12.1 Å². The smallest absolute Gasteiger partial charge is 0.251 e. The lowest BCUT2D eigenvalue weighted by molar-refractivity contribution is -0.130. The number of carbonyl (C=O) groups is 2. The maximum atomic E-state index is 12.7. The molecular weight excluding hydrogens is 364 g/mol. The number of hydrogen-bond acceptors (Lipinski definition) is 3. The van der Waals surface area contributed by atoms with Gasteiger partial charge >= 0.3 is 0 Å². The van der Waals surface area contributed by atoms with Gasteiger partial charge < -0.3 is 14.8 Å². The third-order valence-electron chi connectivity index (χ3n) is 5.38. The van der Waals surface area contributed by atoms with E-state index >= 15 is 0 Å². The number of fused-ring (bicyclic) bond motifs is 1. The molecule has 2 aromatic carbocycles. The van der Waals surface area contributed by atoms with Gasteiger partial charge in [0.15, 0.2) is 0 Å². The molecule has 0 unspecified atom stereocenters. The maximum Gasteiger partial charge on any atom is 0.251 e. The van der Waals surface area contributed by atoms with Gasteiger partial charge in [0, 0.05) is 31.6 Å². The van der Waals surface area contributed by atoms with E-state index in [4.69, 9.17) is 4.98 Å². The van der Waals surface area contributed by atoms with E-state index in [9.17, 15) is 9.59 Å². The summed E-state index contributed by atoms with van der Waals surface area (Å²) in [5.41, 5.74) is 2.56. The zero-order valence-corrected chi connectivity index (χ0v) is 16.5. The summed E-state index contributed by atoms with van der Waals surface area (Å²) in [6, 6.07) is 17.1. The van der Waals surface area contributed by atoms with Gasteiger partial charge in [-0.3, -0.25) is 9.59 Å². The van der Waals surface area contributed by atoms with Crippen LogP contribution in [0.5, 0.6) is 0 Å². The van der Waals surface area contributed by atoms with Crippen LogP contribution in [-0.2, 0) is 17.8 Å². The molecule has 2 amide bonds. The van der Waals surface area contributed by atoms with Crippen molar-refractivity contribution in [2.75, 3.05) is 19.6 Å². The molecule has 0 spiro atoms. The van der Waals surface area contributed by atoms with Crippen molar-refractivity contribution in [2.45, 2.75) is 32.2 Å². The molecule has 4 rings (SSSR count). The number of carbonyl (C=O) groups excluding carboxylic acids is 2. The normalized spacial score (nSPS) is 13.7. The third-order valence-corrected chi connectivity index (χ3v) is 5.38. The highest BCUT2D eigenvalue weighted by atomic mass is 16.2. The van der Waals surface area contributed by atoms with Gasteiger partial charge in [0.2, 0.25) is 5.91 Å². The van der Waals surface area contributed by atoms with E-state index in [1.807, 2.05) is 51.9 Å². The van der Waals surface area contributed by atoms with E-state index in [0.29, 0.717) is 25.1 Å². The summed E-state index contributed by atoms with van der Waals surface area (Å²) in [7, 11) is 0. The first-order valence-corrected chi connectivity index (χ1v) is 10.3. The van der Waals surface area contributed by atoms with Gasteiger partial charge in [-0.1, -0.05) is 30.3 Å². The van der Waals surface area contributed by atoms with Gasteiger partial charge in [0.1, 0.15) is 12.4 Å². The summed E-state index contributed by atoms with van der Waals surface area (Å²) >= 11 is 0. The van der Waals surface area contributed by atoms with E-state index in [-0.39, 0.29) is 11.8 Å². The van der Waals surface area contributed by atoms with Crippen molar-refractivity contribution in [1.29, 1.82) is 0 Å². The molecule has 0 bridgehead atoms. The van der Waals surface area contributed by atoms with Crippen molar-refractivity contribution in [1.82, 2.24) is 19.8 Å². The van der Waals surface area contributed by atoms with Gasteiger partial charge in [-0.25, -0.2) is 4.98 Å². The topological polar surface area (TPSA) is 67.2 Å². The van der Waals surface area contributed by atoms with Crippen LogP contribution >= 0.6 is 0 Å². The molecule has 1 N–H and O–H groups in total. The first kappa shape index (κ1) is 19.2. The molecule has 3 aromatic rings. The number of aryl methyl sites for hydroxylation is 1. The lowest BCUT2D eigenvalue weighted by atomic mass is 10.2. The summed E-state index contributed by atoms with van der Waals surface area (Å²) in [6.45, 7) is 2.60. The Kier molecular flexibility index (Phi) is 5.89. The van der Waals surface area contributed by atoms with Gasteiger partial charge in [-0.15, -0.1) is 0 Å². The van der Waals surface area contributed by atoms with Crippen LogP contribution in [0.15, 0.2) is 54.6 Å². The van der Waals surface area contributed by atoms with Crippen LogP contribution in [-0.4, -0.2) is 45.9 Å². The van der Waals surface area contributed by atoms with Crippen molar-refractivity contribution in [3.05, 3.63) is 66.0 Å². The molecule has 0 atom stereocenters. The molecule has 150 valence electrons. The number of benzene rings is 2. The average molecular weight is 390 g/mol. The van der Waals surface area contributed by atoms with Crippen molar-refractivity contribution >= 4 is 22.8 Å². The quantitative estimate of drug-likeness (QED) is 0.631. The van der Waals surface area contributed by atoms with Crippen molar-refractivity contribution in [2.24, 2.45) is 0 Å². The van der Waals surface area contributed by atoms with Crippen molar-refractivity contribution in [3.63, 3.8) is 0 Å². The summed E-state index contributed by atoms with van der Waals surface area (Å²) in [6.07, 6.45) is 3.64. The molecule has 29 heavy (non-hydrogen) atoms. The number of hydrogen-bond donors (Lipinski definition) is 1. The molecule has 1 aliphatic heterocycles. The highest BCUT2D eigenvalue weighted by molar-refractivity contribution is 5.94. The molecule has 2 heterocycles. The SMILES string of the molecule is O=C(NCCCc1nc2ccccc2n1CC(=O)N1CCCC1)c1ccccc1. The van der Waals surface area contributed by atoms with Gasteiger partial charge in [-0.2, -0.15) is 0 Å². The maximum absolute atomic E-state index is 12.7. The molecule has 1 fully saturated rings. The van der Waals surface area contributed by atoms with Crippen LogP contribution in [0.3, 0.4) is 0 Å².